The number of ether oxygens (including phenoxy) is 1. The van der Waals surface area contributed by atoms with Crippen molar-refractivity contribution < 1.29 is 13.9 Å². The van der Waals surface area contributed by atoms with E-state index in [2.05, 4.69) is 20.9 Å². The molecule has 1 unspecified atom stereocenters. The van der Waals surface area contributed by atoms with E-state index in [0.29, 0.717) is 31.4 Å². The molecule has 0 aliphatic heterocycles. The molecule has 0 spiro atoms. The van der Waals surface area contributed by atoms with Crippen LogP contribution in [0.25, 0.3) is 0 Å². The van der Waals surface area contributed by atoms with E-state index < -0.39 is 0 Å². The number of hydrogen-bond donors (Lipinski definition) is 3. The molecule has 0 radical (unpaired) electrons. The molecule has 1 aromatic carbocycles. The van der Waals surface area contributed by atoms with Gasteiger partial charge in [0, 0.05) is 25.7 Å². The molecule has 2 rings (SSSR count). The lowest BCUT2D eigenvalue weighted by atomic mass is 10.2. The van der Waals surface area contributed by atoms with Gasteiger partial charge in [0.15, 0.2) is 11.7 Å². The molecule has 0 aliphatic carbocycles. The minimum absolute atomic E-state index is 0. The minimum Gasteiger partial charge on any atom is -0.489 e. The molecule has 0 saturated heterocycles. The van der Waals surface area contributed by atoms with E-state index >= 15 is 0 Å². The SMILES string of the molecule is CN=C(NCCCNC(=O)c1occc1C)NCC(C)Oc1cccc(C)c1.I. The van der Waals surface area contributed by atoms with Gasteiger partial charge < -0.3 is 25.1 Å². The van der Waals surface area contributed by atoms with E-state index in [1.165, 1.54) is 11.8 Å². The van der Waals surface area contributed by atoms with Crippen molar-refractivity contribution in [2.45, 2.75) is 33.3 Å². The number of amides is 1. The van der Waals surface area contributed by atoms with Gasteiger partial charge in [0.05, 0.1) is 12.8 Å². The Hall–Kier alpha value is -2.23. The second-order valence-corrected chi connectivity index (χ2v) is 6.67. The number of aliphatic imine (C=N–C) groups is 1. The van der Waals surface area contributed by atoms with Crippen LogP contribution in [0.3, 0.4) is 0 Å². The molecule has 1 amide bonds. The van der Waals surface area contributed by atoms with Gasteiger partial charge in [-0.1, -0.05) is 12.1 Å². The zero-order valence-electron chi connectivity index (χ0n) is 17.5. The maximum atomic E-state index is 12.0. The van der Waals surface area contributed by atoms with E-state index in [-0.39, 0.29) is 36.0 Å². The number of aryl methyl sites for hydroxylation is 2. The van der Waals surface area contributed by atoms with E-state index in [9.17, 15) is 4.79 Å². The maximum absolute atomic E-state index is 12.0. The van der Waals surface area contributed by atoms with Crippen molar-refractivity contribution in [1.29, 1.82) is 0 Å². The number of nitrogens with zero attached hydrogens (tertiary/aromatic N) is 1. The van der Waals surface area contributed by atoms with Crippen LogP contribution < -0.4 is 20.7 Å². The molecular formula is C21H31IN4O3. The lowest BCUT2D eigenvalue weighted by molar-refractivity contribution is 0.0925. The predicted octanol–water partition coefficient (Wildman–Crippen LogP) is 3.27. The zero-order chi connectivity index (χ0) is 20.4. The van der Waals surface area contributed by atoms with Gasteiger partial charge in [-0.25, -0.2) is 0 Å². The van der Waals surface area contributed by atoms with Gasteiger partial charge in [-0.05, 0) is 51.0 Å². The summed E-state index contributed by atoms with van der Waals surface area (Å²) in [6, 6.07) is 9.77. The number of halogens is 1. The molecule has 1 atom stereocenters. The van der Waals surface area contributed by atoms with E-state index in [1.54, 1.807) is 13.1 Å². The van der Waals surface area contributed by atoms with Crippen LogP contribution in [0, 0.1) is 13.8 Å². The van der Waals surface area contributed by atoms with Crippen LogP contribution in [-0.2, 0) is 0 Å². The Morgan fingerprint density at radius 2 is 1.93 bits per heavy atom. The summed E-state index contributed by atoms with van der Waals surface area (Å²) < 4.78 is 11.1. The highest BCUT2D eigenvalue weighted by Crippen LogP contribution is 2.13. The van der Waals surface area contributed by atoms with Gasteiger partial charge >= 0.3 is 0 Å². The zero-order valence-corrected chi connectivity index (χ0v) is 19.8. The van der Waals surface area contributed by atoms with Crippen LogP contribution in [0.2, 0.25) is 0 Å². The monoisotopic (exact) mass is 514 g/mol. The number of furan rings is 1. The van der Waals surface area contributed by atoms with Crippen LogP contribution in [0.15, 0.2) is 46.0 Å². The summed E-state index contributed by atoms with van der Waals surface area (Å²) in [4.78, 5) is 16.2. The molecule has 1 heterocycles. The third-order valence-electron chi connectivity index (χ3n) is 4.11. The molecule has 0 aliphatic rings. The lowest BCUT2D eigenvalue weighted by Crippen LogP contribution is -2.42. The van der Waals surface area contributed by atoms with Crippen molar-refractivity contribution in [3.63, 3.8) is 0 Å². The number of carbonyl (C=O) groups excluding carboxylic acids is 1. The van der Waals surface area contributed by atoms with Gasteiger partial charge in [-0.2, -0.15) is 0 Å². The van der Waals surface area contributed by atoms with E-state index in [1.807, 2.05) is 45.0 Å². The number of benzene rings is 1. The van der Waals surface area contributed by atoms with Crippen molar-refractivity contribution in [1.82, 2.24) is 16.0 Å². The van der Waals surface area contributed by atoms with Gasteiger partial charge in [0.1, 0.15) is 11.9 Å². The standard InChI is InChI=1S/C21H30N4O3.HI/c1-15-7-5-8-18(13-15)28-17(3)14-25-21(22-4)24-11-6-10-23-20(26)19-16(2)9-12-27-19;/h5,7-9,12-13,17H,6,10-11,14H2,1-4H3,(H,23,26)(H2,22,24,25);1H. The van der Waals surface area contributed by atoms with Crippen LogP contribution in [-0.4, -0.2) is 44.7 Å². The van der Waals surface area contributed by atoms with Gasteiger partial charge in [-0.3, -0.25) is 9.79 Å². The summed E-state index contributed by atoms with van der Waals surface area (Å²) in [6.45, 7) is 7.76. The Morgan fingerprint density at radius 1 is 1.17 bits per heavy atom. The Balaban J connectivity index is 0.00000420. The fourth-order valence-corrected chi connectivity index (χ4v) is 2.61. The Labute approximate surface area is 189 Å². The largest absolute Gasteiger partial charge is 0.489 e. The first-order valence-corrected chi connectivity index (χ1v) is 9.49. The predicted molar refractivity (Wildman–Crippen MR) is 126 cm³/mol. The summed E-state index contributed by atoms with van der Waals surface area (Å²) in [5.74, 6) is 1.74. The molecule has 1 aromatic heterocycles. The number of nitrogens with one attached hydrogen (secondary N) is 3. The fourth-order valence-electron chi connectivity index (χ4n) is 2.61. The summed E-state index contributed by atoms with van der Waals surface area (Å²) in [5.41, 5.74) is 2.01. The first kappa shape index (κ1) is 24.8. The Kier molecular flexibility index (Phi) is 11.2. The quantitative estimate of drug-likeness (QED) is 0.207. The average Bonchev–Trinajstić information content (AvgIpc) is 3.10. The highest BCUT2D eigenvalue weighted by atomic mass is 127. The third kappa shape index (κ3) is 8.76. The summed E-state index contributed by atoms with van der Waals surface area (Å²) >= 11 is 0. The molecule has 2 aromatic rings. The molecule has 3 N–H and O–H groups in total. The molecule has 8 heteroatoms. The highest BCUT2D eigenvalue weighted by molar-refractivity contribution is 14.0. The number of guanidine groups is 1. The molecule has 7 nitrogen and oxygen atoms in total. The summed E-state index contributed by atoms with van der Waals surface area (Å²) in [5, 5.41) is 9.32. The maximum Gasteiger partial charge on any atom is 0.287 e. The second-order valence-electron chi connectivity index (χ2n) is 6.67. The average molecular weight is 514 g/mol. The van der Waals surface area contributed by atoms with Crippen molar-refractivity contribution in [3.8, 4) is 5.75 Å². The van der Waals surface area contributed by atoms with Crippen LogP contribution >= 0.6 is 24.0 Å². The van der Waals surface area contributed by atoms with E-state index in [4.69, 9.17) is 9.15 Å². The molecule has 160 valence electrons. The topological polar surface area (TPSA) is 87.9 Å². The van der Waals surface area contributed by atoms with Gasteiger partial charge in [0.25, 0.3) is 5.91 Å². The van der Waals surface area contributed by atoms with Gasteiger partial charge in [-0.15, -0.1) is 24.0 Å². The molecule has 0 fully saturated rings. The molecular weight excluding hydrogens is 483 g/mol. The second kappa shape index (κ2) is 13.1. The first-order valence-electron chi connectivity index (χ1n) is 9.49. The van der Waals surface area contributed by atoms with Crippen LogP contribution in [0.5, 0.6) is 5.75 Å². The molecule has 0 saturated carbocycles. The number of carbonyl (C=O) groups is 1. The summed E-state index contributed by atoms with van der Waals surface area (Å²) in [6.07, 6.45) is 2.28. The van der Waals surface area contributed by atoms with Crippen molar-refractivity contribution in [3.05, 3.63) is 53.5 Å². The smallest absolute Gasteiger partial charge is 0.287 e. The van der Waals surface area contributed by atoms with Crippen molar-refractivity contribution >= 4 is 35.8 Å². The summed E-state index contributed by atoms with van der Waals surface area (Å²) in [7, 11) is 1.73. The molecule has 29 heavy (non-hydrogen) atoms. The normalized spacial score (nSPS) is 11.9. The molecule has 0 bridgehead atoms. The minimum atomic E-state index is -0.188. The Morgan fingerprint density at radius 3 is 2.59 bits per heavy atom. The number of rotatable bonds is 9. The van der Waals surface area contributed by atoms with Crippen molar-refractivity contribution in [2.24, 2.45) is 4.99 Å². The van der Waals surface area contributed by atoms with E-state index in [0.717, 1.165) is 17.7 Å². The van der Waals surface area contributed by atoms with Crippen LogP contribution in [0.4, 0.5) is 0 Å². The fraction of sp³-hybridized carbons (Fsp3) is 0.429. The van der Waals surface area contributed by atoms with Crippen molar-refractivity contribution in [2.75, 3.05) is 26.7 Å². The first-order chi connectivity index (χ1) is 13.5. The number of hydrogen-bond acceptors (Lipinski definition) is 4. The highest BCUT2D eigenvalue weighted by Gasteiger charge is 2.11. The third-order valence-corrected chi connectivity index (χ3v) is 4.11. The van der Waals surface area contributed by atoms with Crippen LogP contribution in [0.1, 0.15) is 35.0 Å². The Bertz CT molecular complexity index is 792. The lowest BCUT2D eigenvalue weighted by Gasteiger charge is -2.18. The van der Waals surface area contributed by atoms with Gasteiger partial charge in [0.2, 0.25) is 0 Å².